The Hall–Kier alpha value is -1.44. The molecule has 0 atom stereocenters. The molecule has 0 saturated carbocycles. The van der Waals surface area contributed by atoms with Gasteiger partial charge in [-0.15, -0.1) is 0 Å². The van der Waals surface area contributed by atoms with E-state index in [4.69, 9.17) is 4.42 Å². The van der Waals surface area contributed by atoms with Crippen molar-refractivity contribution < 1.29 is 4.42 Å². The van der Waals surface area contributed by atoms with Gasteiger partial charge in [0.15, 0.2) is 5.88 Å². The van der Waals surface area contributed by atoms with Crippen LogP contribution >= 0.6 is 0 Å². The van der Waals surface area contributed by atoms with Gasteiger partial charge in [0.05, 0.1) is 0 Å². The zero-order valence-electron chi connectivity index (χ0n) is 8.63. The molecule has 1 heterocycles. The summed E-state index contributed by atoms with van der Waals surface area (Å²) < 4.78 is 5.64. The molecule has 0 fully saturated rings. The van der Waals surface area contributed by atoms with Crippen molar-refractivity contribution in [3.05, 3.63) is 29.8 Å². The Balaban J connectivity index is 2.32. The van der Waals surface area contributed by atoms with E-state index in [1.165, 1.54) is 5.56 Å². The van der Waals surface area contributed by atoms with E-state index in [-0.39, 0.29) is 0 Å². The van der Waals surface area contributed by atoms with E-state index in [9.17, 15) is 0 Å². The third kappa shape index (κ3) is 1.74. The van der Waals surface area contributed by atoms with Crippen LogP contribution in [0.1, 0.15) is 18.9 Å². The van der Waals surface area contributed by atoms with Crippen LogP contribution in [0.2, 0.25) is 0 Å². The number of furan rings is 1. The molecule has 0 bridgehead atoms. The number of anilines is 1. The van der Waals surface area contributed by atoms with Gasteiger partial charge >= 0.3 is 0 Å². The van der Waals surface area contributed by atoms with Gasteiger partial charge in [-0.3, -0.25) is 0 Å². The summed E-state index contributed by atoms with van der Waals surface area (Å²) in [6, 6.07) is 8.30. The lowest BCUT2D eigenvalue weighted by Gasteiger charge is -1.96. The van der Waals surface area contributed by atoms with Crippen LogP contribution in [-0.4, -0.2) is 6.54 Å². The van der Waals surface area contributed by atoms with E-state index in [0.717, 1.165) is 29.8 Å². The second kappa shape index (κ2) is 3.74. The van der Waals surface area contributed by atoms with Crippen LogP contribution in [0.15, 0.2) is 28.7 Å². The van der Waals surface area contributed by atoms with E-state index < -0.39 is 0 Å². The molecule has 1 aromatic carbocycles. The first-order valence-electron chi connectivity index (χ1n) is 5.03. The van der Waals surface area contributed by atoms with Crippen LogP contribution in [0.25, 0.3) is 11.0 Å². The number of nitrogens with one attached hydrogen (secondary N) is 1. The summed E-state index contributed by atoms with van der Waals surface area (Å²) in [5, 5.41) is 4.40. The van der Waals surface area contributed by atoms with Crippen LogP contribution < -0.4 is 5.32 Å². The standard InChI is InChI=1S/C12H15NO/c1-3-6-13-12-8-10-5-4-9(2)7-11(10)14-12/h4-5,7-8,13H,3,6H2,1-2H3. The summed E-state index contributed by atoms with van der Waals surface area (Å²) in [6.45, 7) is 5.17. The monoisotopic (exact) mass is 189 g/mol. The van der Waals surface area contributed by atoms with Crippen LogP contribution in [-0.2, 0) is 0 Å². The molecule has 0 amide bonds. The Morgan fingerprint density at radius 1 is 1.29 bits per heavy atom. The number of hydrogen-bond donors (Lipinski definition) is 1. The van der Waals surface area contributed by atoms with Gasteiger partial charge in [0, 0.05) is 18.0 Å². The first-order chi connectivity index (χ1) is 6.79. The molecule has 2 heteroatoms. The van der Waals surface area contributed by atoms with Crippen molar-refractivity contribution in [2.45, 2.75) is 20.3 Å². The summed E-state index contributed by atoms with van der Waals surface area (Å²) in [6.07, 6.45) is 1.11. The molecule has 0 radical (unpaired) electrons. The maximum Gasteiger partial charge on any atom is 0.194 e. The van der Waals surface area contributed by atoms with Crippen LogP contribution in [0, 0.1) is 6.92 Å². The van der Waals surface area contributed by atoms with Crippen LogP contribution in [0.5, 0.6) is 0 Å². The number of fused-ring (bicyclic) bond motifs is 1. The smallest absolute Gasteiger partial charge is 0.194 e. The third-order valence-electron chi connectivity index (χ3n) is 2.22. The van der Waals surface area contributed by atoms with Gasteiger partial charge in [-0.1, -0.05) is 19.1 Å². The molecule has 0 aliphatic heterocycles. The van der Waals surface area contributed by atoms with Gasteiger partial charge in [0.1, 0.15) is 5.58 Å². The maximum absolute atomic E-state index is 5.64. The Labute approximate surface area is 83.9 Å². The average Bonchev–Trinajstić information content (AvgIpc) is 2.56. The highest BCUT2D eigenvalue weighted by atomic mass is 16.3. The lowest BCUT2D eigenvalue weighted by atomic mass is 10.2. The van der Waals surface area contributed by atoms with Crippen molar-refractivity contribution in [1.29, 1.82) is 0 Å². The molecular weight excluding hydrogens is 174 g/mol. The van der Waals surface area contributed by atoms with Crippen molar-refractivity contribution in [3.63, 3.8) is 0 Å². The minimum absolute atomic E-state index is 0.868. The SMILES string of the molecule is CCCNc1cc2ccc(C)cc2o1. The highest BCUT2D eigenvalue weighted by Gasteiger charge is 2.01. The van der Waals surface area contributed by atoms with E-state index in [2.05, 4.69) is 37.4 Å². The number of aryl methyl sites for hydroxylation is 1. The molecule has 0 aliphatic carbocycles. The highest BCUT2D eigenvalue weighted by Crippen LogP contribution is 2.23. The largest absolute Gasteiger partial charge is 0.441 e. The molecule has 2 aromatic rings. The second-order valence-electron chi connectivity index (χ2n) is 3.58. The lowest BCUT2D eigenvalue weighted by Crippen LogP contribution is -1.97. The molecule has 0 saturated heterocycles. The Morgan fingerprint density at radius 2 is 2.14 bits per heavy atom. The van der Waals surface area contributed by atoms with E-state index >= 15 is 0 Å². The summed E-state index contributed by atoms with van der Waals surface area (Å²) >= 11 is 0. The number of hydrogen-bond acceptors (Lipinski definition) is 2. The second-order valence-corrected chi connectivity index (χ2v) is 3.58. The molecule has 1 N–H and O–H groups in total. The van der Waals surface area contributed by atoms with E-state index in [1.54, 1.807) is 0 Å². The molecule has 2 rings (SSSR count). The van der Waals surface area contributed by atoms with Gasteiger partial charge < -0.3 is 9.73 Å². The first kappa shape index (κ1) is 9.13. The number of benzene rings is 1. The van der Waals surface area contributed by atoms with E-state index in [1.807, 2.05) is 6.07 Å². The van der Waals surface area contributed by atoms with E-state index in [0.29, 0.717) is 0 Å². The predicted molar refractivity (Wildman–Crippen MR) is 59.7 cm³/mol. The van der Waals surface area contributed by atoms with Crippen molar-refractivity contribution >= 4 is 16.9 Å². The minimum Gasteiger partial charge on any atom is -0.441 e. The molecule has 2 nitrogen and oxygen atoms in total. The van der Waals surface area contributed by atoms with Gasteiger partial charge in [0.25, 0.3) is 0 Å². The molecular formula is C12H15NO. The maximum atomic E-state index is 5.64. The minimum atomic E-state index is 0.868. The van der Waals surface area contributed by atoms with Crippen LogP contribution in [0.3, 0.4) is 0 Å². The fraction of sp³-hybridized carbons (Fsp3) is 0.333. The first-order valence-corrected chi connectivity index (χ1v) is 5.03. The highest BCUT2D eigenvalue weighted by molar-refractivity contribution is 5.81. The van der Waals surface area contributed by atoms with Crippen LogP contribution in [0.4, 0.5) is 5.88 Å². The van der Waals surface area contributed by atoms with Gasteiger partial charge in [-0.2, -0.15) is 0 Å². The van der Waals surface area contributed by atoms with Crippen molar-refractivity contribution in [3.8, 4) is 0 Å². The molecule has 1 aromatic heterocycles. The van der Waals surface area contributed by atoms with Gasteiger partial charge in [-0.25, -0.2) is 0 Å². The summed E-state index contributed by atoms with van der Waals surface area (Å²) in [4.78, 5) is 0. The Morgan fingerprint density at radius 3 is 2.93 bits per heavy atom. The molecule has 0 spiro atoms. The van der Waals surface area contributed by atoms with Gasteiger partial charge in [-0.05, 0) is 25.0 Å². The van der Waals surface area contributed by atoms with Crippen molar-refractivity contribution in [1.82, 2.24) is 0 Å². The van der Waals surface area contributed by atoms with Gasteiger partial charge in [0.2, 0.25) is 0 Å². The molecule has 0 aliphatic rings. The summed E-state index contributed by atoms with van der Waals surface area (Å²) in [5.41, 5.74) is 2.19. The quantitative estimate of drug-likeness (QED) is 0.798. The molecule has 14 heavy (non-hydrogen) atoms. The normalized spacial score (nSPS) is 10.7. The Bertz CT molecular complexity index is 431. The van der Waals surface area contributed by atoms with Crippen molar-refractivity contribution in [2.75, 3.05) is 11.9 Å². The zero-order valence-corrected chi connectivity index (χ0v) is 8.63. The fourth-order valence-electron chi connectivity index (χ4n) is 1.47. The average molecular weight is 189 g/mol. The Kier molecular flexibility index (Phi) is 2.44. The fourth-order valence-corrected chi connectivity index (χ4v) is 1.47. The van der Waals surface area contributed by atoms with Crippen molar-refractivity contribution in [2.24, 2.45) is 0 Å². The topological polar surface area (TPSA) is 25.2 Å². The predicted octanol–water partition coefficient (Wildman–Crippen LogP) is 3.56. The third-order valence-corrected chi connectivity index (χ3v) is 2.22. The lowest BCUT2D eigenvalue weighted by molar-refractivity contribution is 0.625. The summed E-state index contributed by atoms with van der Waals surface area (Å²) in [5.74, 6) is 0.868. The molecule has 74 valence electrons. The summed E-state index contributed by atoms with van der Waals surface area (Å²) in [7, 11) is 0. The zero-order chi connectivity index (χ0) is 9.97. The molecule has 0 unspecified atom stereocenters. The number of rotatable bonds is 3.